The highest BCUT2D eigenvalue weighted by Gasteiger charge is 2.33. The molecule has 0 unspecified atom stereocenters. The summed E-state index contributed by atoms with van der Waals surface area (Å²) in [6.45, 7) is 2.65. The summed E-state index contributed by atoms with van der Waals surface area (Å²) in [5.74, 6) is -0.979. The van der Waals surface area contributed by atoms with E-state index >= 15 is 0 Å². The van der Waals surface area contributed by atoms with E-state index in [9.17, 15) is 14.4 Å². The maximum atomic E-state index is 12.6. The Bertz CT molecular complexity index is 758. The van der Waals surface area contributed by atoms with E-state index < -0.39 is 0 Å². The molecular formula is C20H26N4O4. The summed E-state index contributed by atoms with van der Waals surface area (Å²) >= 11 is 0. The lowest BCUT2D eigenvalue weighted by Gasteiger charge is -2.17. The Hall–Kier alpha value is -3.16. The number of nitrogen functional groups attached to an aromatic ring is 1. The number of nitrogens with two attached hydrogens (primary N) is 1. The summed E-state index contributed by atoms with van der Waals surface area (Å²) in [5.41, 5.74) is 6.77. The summed E-state index contributed by atoms with van der Waals surface area (Å²) in [6.07, 6.45) is 4.65. The van der Waals surface area contributed by atoms with Gasteiger partial charge in [-0.05, 0) is 50.2 Å². The summed E-state index contributed by atoms with van der Waals surface area (Å²) in [4.78, 5) is 37.5. The number of amidine groups is 1. The third kappa shape index (κ3) is 5.94. The Morgan fingerprint density at radius 1 is 1.36 bits per heavy atom. The maximum absolute atomic E-state index is 12.6. The molecule has 150 valence electrons. The Balaban J connectivity index is 1.79. The second kappa shape index (κ2) is 10.2. The van der Waals surface area contributed by atoms with Gasteiger partial charge in [-0.1, -0.05) is 6.08 Å². The van der Waals surface area contributed by atoms with Crippen molar-refractivity contribution >= 4 is 29.3 Å². The first-order valence-electron chi connectivity index (χ1n) is 9.28. The molecule has 8 heteroatoms. The summed E-state index contributed by atoms with van der Waals surface area (Å²) in [6, 6.07) is 6.91. The Morgan fingerprint density at radius 3 is 2.71 bits per heavy atom. The van der Waals surface area contributed by atoms with Crippen molar-refractivity contribution in [3.05, 3.63) is 42.1 Å². The molecule has 0 spiro atoms. The standard InChI is InChI=1S/C20H26N4O4/c1-2-28-18(26)5-3-4-11-23-17(25)13-15-10-12-24(20(15)27)16-8-6-14(7-9-16)19(21)22/h4,6-9,11,15H,2-3,5,10,12-13H2,1H3,(H3,21,22)(H,23,25)/t15-/m0/s1. The molecule has 1 atom stereocenters. The second-order valence-electron chi connectivity index (χ2n) is 6.45. The van der Waals surface area contributed by atoms with Crippen LogP contribution in [-0.2, 0) is 19.1 Å². The van der Waals surface area contributed by atoms with E-state index in [2.05, 4.69) is 5.32 Å². The van der Waals surface area contributed by atoms with Crippen molar-refractivity contribution in [2.24, 2.45) is 11.7 Å². The van der Waals surface area contributed by atoms with Gasteiger partial charge >= 0.3 is 5.97 Å². The smallest absolute Gasteiger partial charge is 0.306 e. The van der Waals surface area contributed by atoms with Crippen molar-refractivity contribution in [1.82, 2.24) is 5.32 Å². The molecule has 0 bridgehead atoms. The molecule has 0 aliphatic carbocycles. The highest BCUT2D eigenvalue weighted by atomic mass is 16.5. The monoisotopic (exact) mass is 386 g/mol. The predicted octanol–water partition coefficient (Wildman–Crippen LogP) is 1.69. The molecule has 1 aliphatic heterocycles. The average molecular weight is 386 g/mol. The van der Waals surface area contributed by atoms with Gasteiger partial charge in [0.25, 0.3) is 0 Å². The van der Waals surface area contributed by atoms with Gasteiger partial charge in [0.15, 0.2) is 0 Å². The van der Waals surface area contributed by atoms with Crippen molar-refractivity contribution in [3.8, 4) is 0 Å². The topological polar surface area (TPSA) is 126 Å². The lowest BCUT2D eigenvalue weighted by molar-refractivity contribution is -0.143. The van der Waals surface area contributed by atoms with Gasteiger partial charge in [-0.25, -0.2) is 0 Å². The zero-order valence-electron chi connectivity index (χ0n) is 15.9. The van der Waals surface area contributed by atoms with E-state index in [1.807, 2.05) is 0 Å². The minimum absolute atomic E-state index is 0.0239. The first-order chi connectivity index (χ1) is 13.4. The number of amides is 2. The van der Waals surface area contributed by atoms with Gasteiger partial charge in [-0.15, -0.1) is 0 Å². The van der Waals surface area contributed by atoms with E-state index in [1.165, 1.54) is 6.20 Å². The molecule has 2 amide bonds. The summed E-state index contributed by atoms with van der Waals surface area (Å²) in [7, 11) is 0. The van der Waals surface area contributed by atoms with Crippen molar-refractivity contribution in [1.29, 1.82) is 5.41 Å². The van der Waals surface area contributed by atoms with Crippen LogP contribution in [0.4, 0.5) is 5.69 Å². The molecule has 1 fully saturated rings. The third-order valence-electron chi connectivity index (χ3n) is 4.42. The zero-order chi connectivity index (χ0) is 20.5. The number of nitrogens with one attached hydrogen (secondary N) is 2. The highest BCUT2D eigenvalue weighted by molar-refractivity contribution is 6.00. The number of esters is 1. The zero-order valence-corrected chi connectivity index (χ0v) is 15.9. The van der Waals surface area contributed by atoms with Crippen LogP contribution >= 0.6 is 0 Å². The number of ether oxygens (including phenoxy) is 1. The number of hydrogen-bond acceptors (Lipinski definition) is 5. The first-order valence-corrected chi connectivity index (χ1v) is 9.28. The van der Waals surface area contributed by atoms with Gasteiger partial charge in [0.05, 0.1) is 6.61 Å². The van der Waals surface area contributed by atoms with Gasteiger partial charge in [-0.2, -0.15) is 0 Å². The molecule has 1 aromatic carbocycles. The fraction of sp³-hybridized carbons (Fsp3) is 0.400. The fourth-order valence-electron chi connectivity index (χ4n) is 2.96. The second-order valence-corrected chi connectivity index (χ2v) is 6.45. The van der Waals surface area contributed by atoms with Crippen LogP contribution in [0.1, 0.15) is 38.2 Å². The SMILES string of the molecule is CCOC(=O)CCC=CNC(=O)C[C@@H]1CCN(c2ccc(C(=N)N)cc2)C1=O. The van der Waals surface area contributed by atoms with E-state index in [0.29, 0.717) is 31.6 Å². The number of nitrogens with zero attached hydrogens (tertiary/aromatic N) is 1. The lowest BCUT2D eigenvalue weighted by atomic mass is 10.0. The van der Waals surface area contributed by atoms with Crippen LogP contribution in [0.15, 0.2) is 36.5 Å². The summed E-state index contributed by atoms with van der Waals surface area (Å²) < 4.78 is 4.82. The van der Waals surface area contributed by atoms with Gasteiger partial charge < -0.3 is 20.7 Å². The van der Waals surface area contributed by atoms with Crippen LogP contribution < -0.4 is 16.0 Å². The number of benzene rings is 1. The molecule has 0 radical (unpaired) electrons. The molecule has 28 heavy (non-hydrogen) atoms. The molecule has 4 N–H and O–H groups in total. The number of rotatable bonds is 9. The average Bonchev–Trinajstić information content (AvgIpc) is 3.02. The molecule has 0 aromatic heterocycles. The molecule has 0 saturated carbocycles. The maximum Gasteiger partial charge on any atom is 0.306 e. The summed E-state index contributed by atoms with van der Waals surface area (Å²) in [5, 5.41) is 10.0. The largest absolute Gasteiger partial charge is 0.466 e. The third-order valence-corrected chi connectivity index (χ3v) is 4.42. The Labute approximate surface area is 164 Å². The molecular weight excluding hydrogens is 360 g/mol. The van der Waals surface area contributed by atoms with Crippen molar-refractivity contribution in [2.45, 2.75) is 32.6 Å². The highest BCUT2D eigenvalue weighted by Crippen LogP contribution is 2.27. The number of hydrogen-bond donors (Lipinski definition) is 3. The molecule has 1 aliphatic rings. The van der Waals surface area contributed by atoms with Crippen LogP contribution in [0.25, 0.3) is 0 Å². The van der Waals surface area contributed by atoms with Crippen molar-refractivity contribution < 1.29 is 19.1 Å². The van der Waals surface area contributed by atoms with Crippen LogP contribution in [0.3, 0.4) is 0 Å². The molecule has 1 saturated heterocycles. The molecule has 2 rings (SSSR count). The minimum atomic E-state index is -0.361. The Morgan fingerprint density at radius 2 is 2.07 bits per heavy atom. The number of carbonyl (C=O) groups is 3. The quantitative estimate of drug-likeness (QED) is 0.338. The van der Waals surface area contributed by atoms with Crippen molar-refractivity contribution in [3.63, 3.8) is 0 Å². The van der Waals surface area contributed by atoms with Crippen LogP contribution in [0.5, 0.6) is 0 Å². The number of anilines is 1. The fourth-order valence-corrected chi connectivity index (χ4v) is 2.96. The van der Waals surface area contributed by atoms with Gasteiger partial charge in [0.1, 0.15) is 5.84 Å². The van der Waals surface area contributed by atoms with E-state index in [4.69, 9.17) is 15.9 Å². The van der Waals surface area contributed by atoms with Gasteiger partial charge in [0.2, 0.25) is 11.8 Å². The van der Waals surface area contributed by atoms with Gasteiger partial charge in [-0.3, -0.25) is 19.8 Å². The van der Waals surface area contributed by atoms with Crippen LogP contribution in [0.2, 0.25) is 0 Å². The lowest BCUT2D eigenvalue weighted by Crippen LogP contribution is -2.29. The molecule has 1 aromatic rings. The van der Waals surface area contributed by atoms with E-state index in [1.54, 1.807) is 42.2 Å². The van der Waals surface area contributed by atoms with Crippen LogP contribution in [-0.4, -0.2) is 36.8 Å². The Kier molecular flexibility index (Phi) is 7.74. The van der Waals surface area contributed by atoms with E-state index in [0.717, 1.165) is 5.69 Å². The van der Waals surface area contributed by atoms with Gasteiger partial charge in [0, 0.05) is 36.6 Å². The van der Waals surface area contributed by atoms with Crippen molar-refractivity contribution in [2.75, 3.05) is 18.1 Å². The minimum Gasteiger partial charge on any atom is -0.466 e. The normalized spacial score (nSPS) is 16.4. The first kappa shape index (κ1) is 21.1. The predicted molar refractivity (Wildman–Crippen MR) is 106 cm³/mol. The number of allylic oxidation sites excluding steroid dienone is 1. The van der Waals surface area contributed by atoms with E-state index in [-0.39, 0.29) is 42.4 Å². The molecule has 8 nitrogen and oxygen atoms in total. The van der Waals surface area contributed by atoms with Crippen LogP contribution in [0, 0.1) is 11.3 Å². The molecule has 1 heterocycles. The number of carbonyl (C=O) groups excluding carboxylic acids is 3.